The highest BCUT2D eigenvalue weighted by Gasteiger charge is 2.14. The lowest BCUT2D eigenvalue weighted by Gasteiger charge is -2.16. The molecule has 100 valence electrons. The van der Waals surface area contributed by atoms with Crippen molar-refractivity contribution in [3.05, 3.63) is 70.3 Å². The molecule has 0 saturated heterocycles. The first-order valence-corrected chi connectivity index (χ1v) is 7.24. The van der Waals surface area contributed by atoms with Crippen LogP contribution in [-0.2, 0) is 0 Å². The van der Waals surface area contributed by atoms with Gasteiger partial charge in [0.2, 0.25) is 0 Å². The Morgan fingerprint density at radius 1 is 0.842 bits per heavy atom. The minimum absolute atomic E-state index is 0.0684. The molecule has 0 aliphatic rings. The highest BCUT2D eigenvalue weighted by Crippen LogP contribution is 2.32. The van der Waals surface area contributed by atoms with Gasteiger partial charge in [0.05, 0.1) is 5.38 Å². The van der Waals surface area contributed by atoms with Crippen molar-refractivity contribution in [2.75, 3.05) is 0 Å². The molecule has 1 atom stereocenters. The first-order valence-electron chi connectivity index (χ1n) is 6.80. The summed E-state index contributed by atoms with van der Waals surface area (Å²) in [6.45, 7) is 8.68. The number of hydrogen-bond donors (Lipinski definition) is 0. The van der Waals surface area contributed by atoms with Crippen LogP contribution in [0.15, 0.2) is 42.5 Å². The zero-order chi connectivity index (χ0) is 14.0. The van der Waals surface area contributed by atoms with Gasteiger partial charge in [-0.15, -0.1) is 11.6 Å². The van der Waals surface area contributed by atoms with E-state index < -0.39 is 0 Å². The summed E-state index contributed by atoms with van der Waals surface area (Å²) in [4.78, 5) is 0. The highest BCUT2D eigenvalue weighted by molar-refractivity contribution is 6.22. The average molecular weight is 273 g/mol. The van der Waals surface area contributed by atoms with E-state index >= 15 is 0 Å². The molecule has 0 aliphatic carbocycles. The summed E-state index contributed by atoms with van der Waals surface area (Å²) < 4.78 is 0. The fraction of sp³-hybridized carbons (Fsp3) is 0.333. The molecule has 1 unspecified atom stereocenters. The Labute approximate surface area is 121 Å². The molecule has 2 aromatic rings. The number of hydrogen-bond acceptors (Lipinski definition) is 0. The van der Waals surface area contributed by atoms with Crippen molar-refractivity contribution in [2.45, 2.75) is 39.0 Å². The van der Waals surface area contributed by atoms with Crippen molar-refractivity contribution in [1.29, 1.82) is 0 Å². The molecular weight excluding hydrogens is 252 g/mol. The molecule has 19 heavy (non-hydrogen) atoms. The number of aryl methyl sites for hydroxylation is 1. The third kappa shape index (κ3) is 3.01. The van der Waals surface area contributed by atoms with E-state index in [-0.39, 0.29) is 5.38 Å². The minimum Gasteiger partial charge on any atom is -0.113 e. The Morgan fingerprint density at radius 2 is 1.42 bits per heavy atom. The summed E-state index contributed by atoms with van der Waals surface area (Å²) in [5, 5.41) is -0.0684. The van der Waals surface area contributed by atoms with E-state index in [2.05, 4.69) is 70.2 Å². The molecule has 2 rings (SSSR count). The Kier molecular flexibility index (Phi) is 4.31. The molecule has 0 amide bonds. The molecule has 0 spiro atoms. The molecule has 0 saturated carbocycles. The van der Waals surface area contributed by atoms with E-state index in [1.165, 1.54) is 27.8 Å². The molecule has 0 fully saturated rings. The summed E-state index contributed by atoms with van der Waals surface area (Å²) in [5.74, 6) is 0.559. The van der Waals surface area contributed by atoms with E-state index in [0.717, 1.165) is 0 Å². The lowest BCUT2D eigenvalue weighted by molar-refractivity contribution is 0.865. The van der Waals surface area contributed by atoms with Gasteiger partial charge >= 0.3 is 0 Å². The molecule has 0 aliphatic heterocycles. The molecule has 2 aromatic carbocycles. The van der Waals surface area contributed by atoms with Crippen LogP contribution in [0.5, 0.6) is 0 Å². The lowest BCUT2D eigenvalue weighted by atomic mass is 9.95. The molecule has 0 nitrogen and oxygen atoms in total. The van der Waals surface area contributed by atoms with Crippen LogP contribution >= 0.6 is 11.6 Å². The number of benzene rings is 2. The SMILES string of the molecule is Cc1cccc(C(Cl)c2ccc(C(C)C)cc2)c1C. The third-order valence-corrected chi connectivity index (χ3v) is 4.30. The fourth-order valence-corrected chi connectivity index (χ4v) is 2.66. The van der Waals surface area contributed by atoms with Gasteiger partial charge in [0.1, 0.15) is 0 Å². The van der Waals surface area contributed by atoms with Gasteiger partial charge in [-0.2, -0.15) is 0 Å². The van der Waals surface area contributed by atoms with Crippen molar-refractivity contribution < 1.29 is 0 Å². The average Bonchev–Trinajstić information content (AvgIpc) is 2.41. The number of alkyl halides is 1. The first-order chi connectivity index (χ1) is 9.00. The Hall–Kier alpha value is -1.27. The van der Waals surface area contributed by atoms with Crippen molar-refractivity contribution in [3.8, 4) is 0 Å². The predicted molar refractivity (Wildman–Crippen MR) is 84.1 cm³/mol. The summed E-state index contributed by atoms with van der Waals surface area (Å²) in [5.41, 5.74) is 6.31. The smallest absolute Gasteiger partial charge is 0.0838 e. The Morgan fingerprint density at radius 3 is 2.00 bits per heavy atom. The van der Waals surface area contributed by atoms with E-state index in [4.69, 9.17) is 11.6 Å². The van der Waals surface area contributed by atoms with Gasteiger partial charge in [-0.1, -0.05) is 56.3 Å². The van der Waals surface area contributed by atoms with Crippen LogP contribution in [0.3, 0.4) is 0 Å². The first kappa shape index (κ1) is 14.1. The molecule has 0 N–H and O–H groups in total. The third-order valence-electron chi connectivity index (χ3n) is 3.82. The molecule has 1 heteroatoms. The molecule has 0 bridgehead atoms. The van der Waals surface area contributed by atoms with Crippen LogP contribution in [0, 0.1) is 13.8 Å². The lowest BCUT2D eigenvalue weighted by Crippen LogP contribution is -1.98. The molecule has 0 aromatic heterocycles. The van der Waals surface area contributed by atoms with Crippen molar-refractivity contribution in [1.82, 2.24) is 0 Å². The van der Waals surface area contributed by atoms with Crippen molar-refractivity contribution in [2.24, 2.45) is 0 Å². The largest absolute Gasteiger partial charge is 0.113 e. The Balaban J connectivity index is 2.33. The normalized spacial score (nSPS) is 12.7. The van der Waals surface area contributed by atoms with Gasteiger partial charge in [0.25, 0.3) is 0 Å². The number of rotatable bonds is 3. The summed E-state index contributed by atoms with van der Waals surface area (Å²) >= 11 is 6.64. The zero-order valence-electron chi connectivity index (χ0n) is 12.1. The number of halogens is 1. The second-order valence-electron chi connectivity index (χ2n) is 5.47. The summed E-state index contributed by atoms with van der Waals surface area (Å²) in [6, 6.07) is 15.0. The van der Waals surface area contributed by atoms with Gasteiger partial charge in [0, 0.05) is 0 Å². The van der Waals surface area contributed by atoms with Gasteiger partial charge in [-0.05, 0) is 47.6 Å². The maximum Gasteiger partial charge on any atom is 0.0838 e. The maximum atomic E-state index is 6.64. The van der Waals surface area contributed by atoms with Crippen molar-refractivity contribution in [3.63, 3.8) is 0 Å². The Bertz CT molecular complexity index is 552. The van der Waals surface area contributed by atoms with E-state index in [1.54, 1.807) is 0 Å². The second kappa shape index (κ2) is 5.79. The van der Waals surface area contributed by atoms with Crippen LogP contribution in [-0.4, -0.2) is 0 Å². The van der Waals surface area contributed by atoms with Crippen LogP contribution in [0.25, 0.3) is 0 Å². The van der Waals surface area contributed by atoms with Crippen LogP contribution in [0.2, 0.25) is 0 Å². The van der Waals surface area contributed by atoms with E-state index in [9.17, 15) is 0 Å². The topological polar surface area (TPSA) is 0 Å². The standard InChI is InChI=1S/C18H21Cl/c1-12(2)15-8-10-16(11-9-15)18(19)17-7-5-6-13(3)14(17)4/h5-12,18H,1-4H3. The summed E-state index contributed by atoms with van der Waals surface area (Å²) in [7, 11) is 0. The highest BCUT2D eigenvalue weighted by atomic mass is 35.5. The molecule has 0 radical (unpaired) electrons. The van der Waals surface area contributed by atoms with Crippen LogP contribution < -0.4 is 0 Å². The van der Waals surface area contributed by atoms with Gasteiger partial charge in [0.15, 0.2) is 0 Å². The van der Waals surface area contributed by atoms with Crippen LogP contribution in [0.1, 0.15) is 53.0 Å². The van der Waals surface area contributed by atoms with Crippen molar-refractivity contribution >= 4 is 11.6 Å². The second-order valence-corrected chi connectivity index (χ2v) is 5.91. The van der Waals surface area contributed by atoms with Gasteiger partial charge in [-0.3, -0.25) is 0 Å². The van der Waals surface area contributed by atoms with Gasteiger partial charge < -0.3 is 0 Å². The summed E-state index contributed by atoms with van der Waals surface area (Å²) in [6.07, 6.45) is 0. The minimum atomic E-state index is -0.0684. The predicted octanol–water partition coefficient (Wildman–Crippen LogP) is 5.76. The molecule has 0 heterocycles. The monoisotopic (exact) mass is 272 g/mol. The maximum absolute atomic E-state index is 6.64. The zero-order valence-corrected chi connectivity index (χ0v) is 12.8. The quantitative estimate of drug-likeness (QED) is 0.624. The fourth-order valence-electron chi connectivity index (χ4n) is 2.28. The van der Waals surface area contributed by atoms with Gasteiger partial charge in [-0.25, -0.2) is 0 Å². The van der Waals surface area contributed by atoms with E-state index in [0.29, 0.717) is 5.92 Å². The van der Waals surface area contributed by atoms with Crippen LogP contribution in [0.4, 0.5) is 0 Å². The molecular formula is C18H21Cl. The van der Waals surface area contributed by atoms with E-state index in [1.807, 2.05) is 0 Å².